The fourth-order valence-corrected chi connectivity index (χ4v) is 12.7. The van der Waals surface area contributed by atoms with Gasteiger partial charge < -0.3 is 4.90 Å². The van der Waals surface area contributed by atoms with Gasteiger partial charge in [0.1, 0.15) is 0 Å². The van der Waals surface area contributed by atoms with E-state index in [0.29, 0.717) is 0 Å². The Labute approximate surface area is 403 Å². The highest BCUT2D eigenvalue weighted by molar-refractivity contribution is 7.25. The zero-order chi connectivity index (χ0) is 45.7. The first kappa shape index (κ1) is 40.5. The van der Waals surface area contributed by atoms with E-state index in [9.17, 15) is 0 Å². The minimum Gasteiger partial charge on any atom is -0.310 e. The van der Waals surface area contributed by atoms with Gasteiger partial charge in [-0.3, -0.25) is 0 Å². The van der Waals surface area contributed by atoms with Gasteiger partial charge in [-0.15, -0.1) is 11.3 Å². The molecule has 68 heavy (non-hydrogen) atoms. The molecule has 10 aromatic carbocycles. The summed E-state index contributed by atoms with van der Waals surface area (Å²) in [6.45, 7) is 9.52. The Morgan fingerprint density at radius 3 is 1.54 bits per heavy atom. The quantitative estimate of drug-likeness (QED) is 0.154. The number of hydrogen-bond donors (Lipinski definition) is 0. The van der Waals surface area contributed by atoms with E-state index in [1.165, 1.54) is 109 Å². The third kappa shape index (κ3) is 6.35. The highest BCUT2D eigenvalue weighted by Crippen LogP contribution is 2.55. The molecule has 0 spiro atoms. The highest BCUT2D eigenvalue weighted by atomic mass is 32.1. The molecule has 324 valence electrons. The van der Waals surface area contributed by atoms with Crippen LogP contribution in [0.5, 0.6) is 0 Å². The highest BCUT2D eigenvalue weighted by Gasteiger charge is 2.39. The monoisotopic (exact) mass is 887 g/mol. The van der Waals surface area contributed by atoms with Crippen LogP contribution in [-0.4, -0.2) is 0 Å². The Morgan fingerprint density at radius 1 is 0.294 bits per heavy atom. The lowest BCUT2D eigenvalue weighted by atomic mass is 9.78. The van der Waals surface area contributed by atoms with Crippen LogP contribution in [0.25, 0.3) is 86.9 Å². The fourth-order valence-electron chi connectivity index (χ4n) is 11.6. The second kappa shape index (κ2) is 15.4. The van der Waals surface area contributed by atoms with Crippen LogP contribution in [0.3, 0.4) is 0 Å². The average Bonchev–Trinajstić information content (AvgIpc) is 3.96. The number of rotatable bonds is 7. The molecule has 1 nitrogen and oxygen atoms in total. The molecule has 0 atom stereocenters. The summed E-state index contributed by atoms with van der Waals surface area (Å²) >= 11 is 1.87. The van der Waals surface area contributed by atoms with Crippen LogP contribution in [0, 0.1) is 0 Å². The second-order valence-corrected chi connectivity index (χ2v) is 20.8. The van der Waals surface area contributed by atoms with Crippen molar-refractivity contribution in [3.63, 3.8) is 0 Å². The lowest BCUT2D eigenvalue weighted by Crippen LogP contribution is -2.16. The van der Waals surface area contributed by atoms with Crippen molar-refractivity contribution < 1.29 is 0 Å². The molecule has 2 heteroatoms. The zero-order valence-electron chi connectivity index (χ0n) is 38.7. The molecule has 1 heterocycles. The number of benzene rings is 10. The van der Waals surface area contributed by atoms with Gasteiger partial charge in [-0.25, -0.2) is 0 Å². The molecule has 11 aromatic rings. The first-order chi connectivity index (χ1) is 33.2. The lowest BCUT2D eigenvalue weighted by Gasteiger charge is -2.28. The van der Waals surface area contributed by atoms with Crippen LogP contribution in [0.15, 0.2) is 224 Å². The van der Waals surface area contributed by atoms with Gasteiger partial charge in [-0.1, -0.05) is 185 Å². The first-order valence-corrected chi connectivity index (χ1v) is 24.6. The van der Waals surface area contributed by atoms with E-state index in [4.69, 9.17) is 0 Å². The minimum atomic E-state index is -0.166. The van der Waals surface area contributed by atoms with E-state index in [1.54, 1.807) is 0 Å². The molecule has 0 radical (unpaired) electrons. The Morgan fingerprint density at radius 2 is 0.809 bits per heavy atom. The van der Waals surface area contributed by atoms with E-state index < -0.39 is 0 Å². The topological polar surface area (TPSA) is 3.24 Å². The lowest BCUT2D eigenvalue weighted by molar-refractivity contribution is 0.660. The number of hydrogen-bond acceptors (Lipinski definition) is 2. The van der Waals surface area contributed by atoms with E-state index >= 15 is 0 Å². The molecule has 2 aliphatic carbocycles. The van der Waals surface area contributed by atoms with E-state index in [0.717, 1.165) is 17.1 Å². The van der Waals surface area contributed by atoms with Crippen molar-refractivity contribution in [1.82, 2.24) is 0 Å². The van der Waals surface area contributed by atoms with Crippen LogP contribution < -0.4 is 4.90 Å². The Hall–Kier alpha value is -7.78. The largest absolute Gasteiger partial charge is 0.310 e. The number of thiophene rings is 1. The Kier molecular flexibility index (Phi) is 9.16. The SMILES string of the molecule is CC1(C)c2ccccc2-c2ccc(N(c3ccc(-c4ccc5c(c4)-c4cc(-c6ccccc6)cc(-c6ccccc6)c4C5(C)C)cc3)c3ccc(-c4ccc5c(c4)sc4ccccc45)cc3)cc21. The molecule has 0 unspecified atom stereocenters. The van der Waals surface area contributed by atoms with Crippen LogP contribution in [-0.2, 0) is 10.8 Å². The third-order valence-electron chi connectivity index (χ3n) is 15.1. The summed E-state index contributed by atoms with van der Waals surface area (Å²) in [5.74, 6) is 0. The summed E-state index contributed by atoms with van der Waals surface area (Å²) in [4.78, 5) is 2.43. The van der Waals surface area contributed by atoms with E-state index in [-0.39, 0.29) is 10.8 Å². The van der Waals surface area contributed by atoms with Crippen LogP contribution in [0.4, 0.5) is 17.1 Å². The van der Waals surface area contributed by atoms with Gasteiger partial charge in [0, 0.05) is 48.1 Å². The second-order valence-electron chi connectivity index (χ2n) is 19.7. The van der Waals surface area contributed by atoms with Crippen LogP contribution >= 0.6 is 11.3 Å². The summed E-state index contributed by atoms with van der Waals surface area (Å²) < 4.78 is 2.65. The van der Waals surface area contributed by atoms with Gasteiger partial charge >= 0.3 is 0 Å². The standard InChI is InChI=1S/C66H49NS/c1-65(2)59-21-13-11-19-52(59)53-35-33-51(41-61(53)65)67(50-31-25-44(26-32-50)47-27-34-55-54-20-12-14-22-62(54)68-63(55)40-47)49-29-23-43(24-30-49)46-28-36-60-57(37-46)58-39-48(42-15-7-5-8-16-42)38-56(64(58)66(60,3)4)45-17-9-6-10-18-45/h5-41H,1-4H3. The molecular weight excluding hydrogens is 839 g/mol. The average molecular weight is 888 g/mol. The van der Waals surface area contributed by atoms with Crippen molar-refractivity contribution in [3.05, 3.63) is 247 Å². The first-order valence-electron chi connectivity index (χ1n) is 23.8. The predicted molar refractivity (Wildman–Crippen MR) is 291 cm³/mol. The van der Waals surface area contributed by atoms with E-state index in [1.807, 2.05) is 11.3 Å². The smallest absolute Gasteiger partial charge is 0.0465 e. The van der Waals surface area contributed by atoms with Crippen molar-refractivity contribution in [3.8, 4) is 66.8 Å². The molecule has 0 amide bonds. The number of nitrogens with zero attached hydrogens (tertiary/aromatic N) is 1. The van der Waals surface area contributed by atoms with E-state index in [2.05, 4.69) is 257 Å². The van der Waals surface area contributed by atoms with Gasteiger partial charge in [0.05, 0.1) is 0 Å². The summed E-state index contributed by atoms with van der Waals surface area (Å²) in [5.41, 5.74) is 23.8. The van der Waals surface area contributed by atoms with Crippen LogP contribution in [0.2, 0.25) is 0 Å². The van der Waals surface area contributed by atoms with Crippen molar-refractivity contribution in [1.29, 1.82) is 0 Å². The summed E-state index contributed by atoms with van der Waals surface area (Å²) in [6, 6.07) is 83.7. The van der Waals surface area contributed by atoms with Crippen molar-refractivity contribution in [2.75, 3.05) is 4.90 Å². The molecule has 2 aliphatic rings. The van der Waals surface area contributed by atoms with Gasteiger partial charge in [0.15, 0.2) is 0 Å². The summed E-state index contributed by atoms with van der Waals surface area (Å²) in [6.07, 6.45) is 0. The molecular formula is C66H49NS. The number of fused-ring (bicyclic) bond motifs is 9. The van der Waals surface area contributed by atoms with Crippen molar-refractivity contribution >= 4 is 48.6 Å². The molecule has 0 aliphatic heterocycles. The van der Waals surface area contributed by atoms with Gasteiger partial charge in [-0.2, -0.15) is 0 Å². The van der Waals surface area contributed by atoms with Gasteiger partial charge in [0.2, 0.25) is 0 Å². The number of anilines is 3. The third-order valence-corrected chi connectivity index (χ3v) is 16.2. The maximum Gasteiger partial charge on any atom is 0.0465 e. The maximum absolute atomic E-state index is 2.44. The molecule has 13 rings (SSSR count). The fraction of sp³-hybridized carbons (Fsp3) is 0.0909. The Bertz CT molecular complexity index is 3760. The van der Waals surface area contributed by atoms with Gasteiger partial charge in [0.25, 0.3) is 0 Å². The molecule has 0 bridgehead atoms. The predicted octanol–water partition coefficient (Wildman–Crippen LogP) is 18.8. The minimum absolute atomic E-state index is 0.114. The maximum atomic E-state index is 2.44. The van der Waals surface area contributed by atoms with Gasteiger partial charge in [-0.05, 0) is 156 Å². The Balaban J connectivity index is 0.901. The molecule has 0 saturated carbocycles. The normalized spacial score (nSPS) is 13.8. The summed E-state index contributed by atoms with van der Waals surface area (Å²) in [5, 5.41) is 2.65. The molecule has 0 saturated heterocycles. The summed E-state index contributed by atoms with van der Waals surface area (Å²) in [7, 11) is 0. The zero-order valence-corrected chi connectivity index (χ0v) is 39.5. The molecule has 1 aromatic heterocycles. The van der Waals surface area contributed by atoms with Crippen molar-refractivity contribution in [2.24, 2.45) is 0 Å². The molecule has 0 fully saturated rings. The molecule has 0 N–H and O–H groups in total. The van der Waals surface area contributed by atoms with Crippen LogP contribution in [0.1, 0.15) is 49.9 Å². The van der Waals surface area contributed by atoms with Crippen molar-refractivity contribution in [2.45, 2.75) is 38.5 Å².